The number of fused-ring (bicyclic) bond motifs is 1. The van der Waals surface area contributed by atoms with Crippen LogP contribution in [0.1, 0.15) is 29.9 Å². The smallest absolute Gasteiger partial charge is 0.317 e. The van der Waals surface area contributed by atoms with E-state index in [0.717, 1.165) is 31.5 Å². The highest BCUT2D eigenvalue weighted by molar-refractivity contribution is 5.79. The fraction of sp³-hybridized carbons (Fsp3) is 0.462. The van der Waals surface area contributed by atoms with Gasteiger partial charge in [-0.1, -0.05) is 0 Å². The van der Waals surface area contributed by atoms with Gasteiger partial charge in [-0.25, -0.2) is 9.18 Å². The van der Waals surface area contributed by atoms with E-state index >= 15 is 0 Å². The number of H-pyrrole nitrogens is 2. The molecule has 1 aromatic heterocycles. The minimum absolute atomic E-state index is 0.176. The van der Waals surface area contributed by atoms with Gasteiger partial charge in [-0.2, -0.15) is 0 Å². The first-order valence-corrected chi connectivity index (χ1v) is 6.28. The van der Waals surface area contributed by atoms with Crippen molar-refractivity contribution in [3.05, 3.63) is 33.5 Å². The van der Waals surface area contributed by atoms with Crippen LogP contribution in [0.3, 0.4) is 0 Å². The lowest BCUT2D eigenvalue weighted by Gasteiger charge is -2.24. The summed E-state index contributed by atoms with van der Waals surface area (Å²) in [5, 5.41) is 3.27. The molecule has 0 saturated carbocycles. The molecular weight excluding hydrogens is 233 g/mol. The Morgan fingerprint density at radius 2 is 2.00 bits per heavy atom. The highest BCUT2D eigenvalue weighted by atomic mass is 19.1. The van der Waals surface area contributed by atoms with Crippen LogP contribution < -0.4 is 11.0 Å². The molecule has 1 aliphatic rings. The molecule has 1 aromatic carbocycles. The summed E-state index contributed by atoms with van der Waals surface area (Å²) in [5.41, 5.74) is 2.26. The molecule has 2 heterocycles. The molecule has 1 aliphatic heterocycles. The first-order chi connectivity index (χ1) is 8.66. The molecule has 0 radical (unpaired) electrons. The minimum atomic E-state index is -0.282. The number of hydrogen-bond donors (Lipinski definition) is 3. The van der Waals surface area contributed by atoms with E-state index < -0.39 is 0 Å². The largest absolute Gasteiger partial charge is 0.323 e. The maximum absolute atomic E-state index is 14.4. The highest BCUT2D eigenvalue weighted by Gasteiger charge is 2.21. The molecule has 96 valence electrons. The Morgan fingerprint density at radius 3 is 2.72 bits per heavy atom. The van der Waals surface area contributed by atoms with Gasteiger partial charge in [-0.3, -0.25) is 0 Å². The zero-order valence-electron chi connectivity index (χ0n) is 10.3. The monoisotopic (exact) mass is 249 g/mol. The molecule has 18 heavy (non-hydrogen) atoms. The van der Waals surface area contributed by atoms with Gasteiger partial charge in [0, 0.05) is 5.56 Å². The molecule has 3 N–H and O–H groups in total. The van der Waals surface area contributed by atoms with Crippen molar-refractivity contribution in [2.75, 3.05) is 13.1 Å². The predicted molar refractivity (Wildman–Crippen MR) is 68.5 cm³/mol. The Hall–Kier alpha value is -1.62. The number of nitrogens with one attached hydrogen (secondary N) is 3. The summed E-state index contributed by atoms with van der Waals surface area (Å²) in [4.78, 5) is 16.6. The molecule has 0 atom stereocenters. The normalized spacial score (nSPS) is 17.4. The SMILES string of the molecule is Cc1c(F)c(C2CCNCC2)cc2[nH]c(=O)[nH]c12. The first kappa shape index (κ1) is 11.5. The second-order valence-electron chi connectivity index (χ2n) is 4.93. The summed E-state index contributed by atoms with van der Waals surface area (Å²) in [5.74, 6) is 0.0670. The Kier molecular flexibility index (Phi) is 2.70. The molecule has 2 aromatic rings. The number of halogens is 1. The fourth-order valence-electron chi connectivity index (χ4n) is 2.78. The first-order valence-electron chi connectivity index (χ1n) is 6.28. The maximum atomic E-state index is 14.4. The van der Waals surface area contributed by atoms with Crippen LogP contribution in [0.25, 0.3) is 11.0 Å². The van der Waals surface area contributed by atoms with E-state index in [1.807, 2.05) is 0 Å². The third kappa shape index (κ3) is 1.75. The number of benzene rings is 1. The standard InChI is InChI=1S/C13H16FN3O/c1-7-11(14)9(8-2-4-15-5-3-8)6-10-12(7)17-13(18)16-10/h6,8,15H,2-5H2,1H3,(H2,16,17,18). The summed E-state index contributed by atoms with van der Waals surface area (Å²) in [6.45, 7) is 3.56. The van der Waals surface area contributed by atoms with Gasteiger partial charge in [0.1, 0.15) is 5.82 Å². The van der Waals surface area contributed by atoms with Crippen LogP contribution in [-0.4, -0.2) is 23.1 Å². The van der Waals surface area contributed by atoms with Gasteiger partial charge in [0.2, 0.25) is 0 Å². The molecule has 4 nitrogen and oxygen atoms in total. The second kappa shape index (κ2) is 4.24. The van der Waals surface area contributed by atoms with Gasteiger partial charge >= 0.3 is 5.69 Å². The van der Waals surface area contributed by atoms with Crippen LogP contribution in [-0.2, 0) is 0 Å². The van der Waals surface area contributed by atoms with Crippen molar-refractivity contribution < 1.29 is 4.39 Å². The second-order valence-corrected chi connectivity index (χ2v) is 4.93. The Labute approximate surface area is 104 Å². The predicted octanol–water partition coefficient (Wildman–Crippen LogP) is 1.77. The third-order valence-electron chi connectivity index (χ3n) is 3.79. The van der Waals surface area contributed by atoms with Crippen molar-refractivity contribution in [2.24, 2.45) is 0 Å². The van der Waals surface area contributed by atoms with Gasteiger partial charge in [-0.15, -0.1) is 0 Å². The topological polar surface area (TPSA) is 60.7 Å². The Bertz CT molecular complexity index is 637. The Balaban J connectivity index is 2.16. The van der Waals surface area contributed by atoms with Gasteiger partial charge in [-0.05, 0) is 50.4 Å². The summed E-state index contributed by atoms with van der Waals surface area (Å²) in [7, 11) is 0. The van der Waals surface area contributed by atoms with Crippen molar-refractivity contribution in [1.82, 2.24) is 15.3 Å². The van der Waals surface area contributed by atoms with Crippen LogP contribution in [0.2, 0.25) is 0 Å². The molecule has 0 amide bonds. The summed E-state index contributed by atoms with van der Waals surface area (Å²) < 4.78 is 14.4. The number of imidazole rings is 1. The van der Waals surface area contributed by atoms with Gasteiger partial charge in [0.15, 0.2) is 0 Å². The third-order valence-corrected chi connectivity index (χ3v) is 3.79. The van der Waals surface area contributed by atoms with Crippen LogP contribution in [0.15, 0.2) is 10.9 Å². The zero-order chi connectivity index (χ0) is 12.7. The molecule has 0 spiro atoms. The average molecular weight is 249 g/mol. The van der Waals surface area contributed by atoms with Crippen molar-refractivity contribution in [2.45, 2.75) is 25.7 Å². The van der Waals surface area contributed by atoms with E-state index in [1.165, 1.54) is 0 Å². The average Bonchev–Trinajstić information content (AvgIpc) is 2.76. The lowest BCUT2D eigenvalue weighted by molar-refractivity contribution is 0.444. The molecule has 5 heteroatoms. The fourth-order valence-corrected chi connectivity index (χ4v) is 2.78. The molecule has 0 aliphatic carbocycles. The molecule has 1 saturated heterocycles. The van der Waals surface area contributed by atoms with Gasteiger partial charge in [0.25, 0.3) is 0 Å². The Morgan fingerprint density at radius 1 is 1.28 bits per heavy atom. The number of aryl methyl sites for hydroxylation is 1. The quantitative estimate of drug-likeness (QED) is 0.721. The van der Waals surface area contributed by atoms with E-state index in [0.29, 0.717) is 16.6 Å². The summed E-state index contributed by atoms with van der Waals surface area (Å²) in [6.07, 6.45) is 1.88. The van der Waals surface area contributed by atoms with Crippen LogP contribution in [0.4, 0.5) is 4.39 Å². The van der Waals surface area contributed by atoms with E-state index in [4.69, 9.17) is 0 Å². The molecule has 1 fully saturated rings. The molecule has 3 rings (SSSR count). The minimum Gasteiger partial charge on any atom is -0.317 e. The number of hydrogen-bond acceptors (Lipinski definition) is 2. The van der Waals surface area contributed by atoms with Crippen LogP contribution >= 0.6 is 0 Å². The lowest BCUT2D eigenvalue weighted by Crippen LogP contribution is -2.27. The summed E-state index contributed by atoms with van der Waals surface area (Å²) in [6, 6.07) is 1.78. The molecule has 0 bridgehead atoms. The van der Waals surface area contributed by atoms with Crippen LogP contribution in [0.5, 0.6) is 0 Å². The van der Waals surface area contributed by atoms with E-state index in [9.17, 15) is 9.18 Å². The van der Waals surface area contributed by atoms with Crippen molar-refractivity contribution >= 4 is 11.0 Å². The molecule has 0 unspecified atom stereocenters. The number of piperidine rings is 1. The highest BCUT2D eigenvalue weighted by Crippen LogP contribution is 2.31. The number of aromatic amines is 2. The number of aromatic nitrogens is 2. The zero-order valence-corrected chi connectivity index (χ0v) is 10.3. The van der Waals surface area contributed by atoms with E-state index in [-0.39, 0.29) is 17.4 Å². The van der Waals surface area contributed by atoms with Gasteiger partial charge < -0.3 is 15.3 Å². The van der Waals surface area contributed by atoms with Gasteiger partial charge in [0.05, 0.1) is 11.0 Å². The number of rotatable bonds is 1. The van der Waals surface area contributed by atoms with Crippen molar-refractivity contribution in [3.63, 3.8) is 0 Å². The molecular formula is C13H16FN3O. The maximum Gasteiger partial charge on any atom is 0.323 e. The van der Waals surface area contributed by atoms with E-state index in [2.05, 4.69) is 15.3 Å². The van der Waals surface area contributed by atoms with Crippen LogP contribution in [0, 0.1) is 12.7 Å². The van der Waals surface area contributed by atoms with Crippen molar-refractivity contribution in [1.29, 1.82) is 0 Å². The van der Waals surface area contributed by atoms with E-state index in [1.54, 1.807) is 13.0 Å². The summed E-state index contributed by atoms with van der Waals surface area (Å²) >= 11 is 0. The van der Waals surface area contributed by atoms with Crippen molar-refractivity contribution in [3.8, 4) is 0 Å². The lowest BCUT2D eigenvalue weighted by atomic mass is 9.88.